The van der Waals surface area contributed by atoms with Gasteiger partial charge >= 0.3 is 6.09 Å². The number of imidazole rings is 1. The van der Waals surface area contributed by atoms with Crippen LogP contribution in [-0.2, 0) is 17.9 Å². The molecule has 1 unspecified atom stereocenters. The lowest BCUT2D eigenvalue weighted by Crippen LogP contribution is -2.25. The van der Waals surface area contributed by atoms with Crippen LogP contribution in [0.5, 0.6) is 0 Å². The molecular formula is C29H32ClN7O2. The van der Waals surface area contributed by atoms with Crippen LogP contribution in [0, 0.1) is 11.8 Å². The summed E-state index contributed by atoms with van der Waals surface area (Å²) in [7, 11) is 2.06. The van der Waals surface area contributed by atoms with Crippen molar-refractivity contribution in [2.45, 2.75) is 51.9 Å². The van der Waals surface area contributed by atoms with Crippen LogP contribution in [0.4, 0.5) is 10.7 Å². The fraction of sp³-hybridized carbons (Fsp3) is 0.379. The number of rotatable bonds is 7. The molecule has 2 aromatic carbocycles. The van der Waals surface area contributed by atoms with Gasteiger partial charge in [-0.05, 0) is 42.4 Å². The predicted molar refractivity (Wildman–Crippen MR) is 151 cm³/mol. The summed E-state index contributed by atoms with van der Waals surface area (Å²) in [5.74, 6) is 2.52. The highest BCUT2D eigenvalue weighted by Crippen LogP contribution is 2.36. The summed E-state index contributed by atoms with van der Waals surface area (Å²) < 4.78 is 2.29. The number of anilines is 1. The molecule has 10 heteroatoms. The quantitative estimate of drug-likeness (QED) is 0.300. The van der Waals surface area contributed by atoms with Gasteiger partial charge in [-0.2, -0.15) is 4.98 Å². The minimum atomic E-state index is -0.685. The first kappa shape index (κ1) is 25.6. The highest BCUT2D eigenvalue weighted by Gasteiger charge is 2.30. The van der Waals surface area contributed by atoms with E-state index in [9.17, 15) is 4.79 Å². The summed E-state index contributed by atoms with van der Waals surface area (Å²) in [6.07, 6.45) is 3.58. The molecule has 2 N–H and O–H groups in total. The number of hydrogen-bond acceptors (Lipinski definition) is 7. The van der Waals surface area contributed by atoms with E-state index in [1.54, 1.807) is 0 Å². The van der Waals surface area contributed by atoms with E-state index in [1.807, 2.05) is 30.3 Å². The third-order valence-corrected chi connectivity index (χ3v) is 7.90. The van der Waals surface area contributed by atoms with Crippen LogP contribution in [0.1, 0.15) is 50.2 Å². The van der Waals surface area contributed by atoms with Crippen molar-refractivity contribution in [2.75, 3.05) is 11.9 Å². The molecule has 1 amide bonds. The van der Waals surface area contributed by atoms with Crippen LogP contribution in [0.3, 0.4) is 0 Å². The molecule has 1 saturated carbocycles. The number of carbonyl (C=O) groups excluding carboxylic acids is 1. The van der Waals surface area contributed by atoms with Crippen LogP contribution in [0.25, 0.3) is 22.4 Å². The molecule has 1 atom stereocenters. The largest absolute Gasteiger partial charge is 0.427 e. The Kier molecular flexibility index (Phi) is 7.10. The van der Waals surface area contributed by atoms with E-state index in [-0.39, 0.29) is 0 Å². The van der Waals surface area contributed by atoms with Crippen molar-refractivity contribution in [1.82, 2.24) is 30.3 Å². The highest BCUT2D eigenvalue weighted by atomic mass is 35.5. The topological polar surface area (TPSA) is 97.2 Å². The number of nitrogens with one attached hydrogen (secondary N) is 2. The smallest absolute Gasteiger partial charge is 0.351 e. The number of hydrogen-bond donors (Lipinski definition) is 2. The van der Waals surface area contributed by atoms with E-state index in [0.29, 0.717) is 29.0 Å². The molecule has 1 aliphatic carbocycles. The Morgan fingerprint density at radius 2 is 1.85 bits per heavy atom. The molecular weight excluding hydrogens is 514 g/mol. The highest BCUT2D eigenvalue weighted by molar-refractivity contribution is 6.30. The van der Waals surface area contributed by atoms with Gasteiger partial charge in [0.15, 0.2) is 17.6 Å². The Balaban J connectivity index is 1.51. The van der Waals surface area contributed by atoms with Gasteiger partial charge in [0.05, 0.1) is 0 Å². The zero-order valence-electron chi connectivity index (χ0n) is 22.1. The Bertz CT molecular complexity index is 1480. The zero-order chi connectivity index (χ0) is 26.9. The van der Waals surface area contributed by atoms with E-state index in [2.05, 4.69) is 58.5 Å². The number of benzene rings is 2. The van der Waals surface area contributed by atoms with E-state index in [4.69, 9.17) is 31.4 Å². The van der Waals surface area contributed by atoms with Gasteiger partial charge in [0, 0.05) is 30.7 Å². The summed E-state index contributed by atoms with van der Waals surface area (Å²) in [6, 6.07) is 18.0. The molecule has 1 saturated heterocycles. The maximum atomic E-state index is 11.8. The molecule has 0 bridgehead atoms. The van der Waals surface area contributed by atoms with Gasteiger partial charge in [0.25, 0.3) is 0 Å². The van der Waals surface area contributed by atoms with Crippen molar-refractivity contribution in [3.05, 3.63) is 71.0 Å². The maximum absolute atomic E-state index is 11.8. The number of fused-ring (bicyclic) bond motifs is 1. The van der Waals surface area contributed by atoms with Crippen molar-refractivity contribution < 1.29 is 9.63 Å². The lowest BCUT2D eigenvalue weighted by atomic mass is 9.83. The second-order valence-electron chi connectivity index (χ2n) is 10.7. The van der Waals surface area contributed by atoms with Gasteiger partial charge in [-0.1, -0.05) is 73.8 Å². The third kappa shape index (κ3) is 5.42. The minimum absolute atomic E-state index is 0.372. The first-order valence-electron chi connectivity index (χ1n) is 13.5. The Hall–Kier alpha value is -3.69. The molecule has 2 fully saturated rings. The fourth-order valence-corrected chi connectivity index (χ4v) is 5.77. The van der Waals surface area contributed by atoms with Crippen molar-refractivity contribution in [1.29, 1.82) is 0 Å². The molecule has 39 heavy (non-hydrogen) atoms. The first-order valence-corrected chi connectivity index (χ1v) is 13.8. The van der Waals surface area contributed by atoms with Crippen molar-refractivity contribution >= 4 is 34.8 Å². The van der Waals surface area contributed by atoms with Gasteiger partial charge in [0.2, 0.25) is 5.95 Å². The van der Waals surface area contributed by atoms with Crippen LogP contribution in [-0.4, -0.2) is 32.7 Å². The minimum Gasteiger partial charge on any atom is -0.351 e. The monoisotopic (exact) mass is 545 g/mol. The van der Waals surface area contributed by atoms with Gasteiger partial charge in [-0.15, -0.1) is 5.48 Å². The van der Waals surface area contributed by atoms with Crippen LogP contribution < -0.4 is 15.7 Å². The normalized spacial score (nSPS) is 21.1. The number of amides is 1. The van der Waals surface area contributed by atoms with Gasteiger partial charge < -0.3 is 14.3 Å². The number of halogens is 1. The lowest BCUT2D eigenvalue weighted by Gasteiger charge is -2.28. The molecule has 0 radical (unpaired) electrons. The number of nitrogens with zero attached hydrogens (tertiary/aromatic N) is 5. The second kappa shape index (κ2) is 10.8. The Labute approximate surface area is 232 Å². The summed E-state index contributed by atoms with van der Waals surface area (Å²) in [5.41, 5.74) is 6.87. The van der Waals surface area contributed by atoms with E-state index < -0.39 is 12.3 Å². The predicted octanol–water partition coefficient (Wildman–Crippen LogP) is 5.85. The van der Waals surface area contributed by atoms with Crippen LogP contribution in [0.15, 0.2) is 54.6 Å². The Morgan fingerprint density at radius 1 is 1.05 bits per heavy atom. The first-order chi connectivity index (χ1) is 18.9. The maximum Gasteiger partial charge on any atom is 0.427 e. The summed E-state index contributed by atoms with van der Waals surface area (Å²) in [6.45, 7) is 3.87. The second-order valence-corrected chi connectivity index (χ2v) is 11.1. The van der Waals surface area contributed by atoms with Crippen LogP contribution in [0.2, 0.25) is 5.02 Å². The van der Waals surface area contributed by atoms with Gasteiger partial charge in [-0.3, -0.25) is 5.32 Å². The van der Waals surface area contributed by atoms with Crippen molar-refractivity contribution in [3.8, 4) is 11.3 Å². The van der Waals surface area contributed by atoms with E-state index in [1.165, 1.54) is 31.2 Å². The fourth-order valence-electron chi connectivity index (χ4n) is 5.58. The molecule has 4 aromatic rings. The number of hydroxylamine groups is 1. The van der Waals surface area contributed by atoms with Crippen LogP contribution >= 0.6 is 11.6 Å². The Morgan fingerprint density at radius 3 is 2.56 bits per heavy atom. The van der Waals surface area contributed by atoms with E-state index >= 15 is 0 Å². The molecule has 202 valence electrons. The standard InChI is InChI=1S/C29H32ClN7O2/c1-18-11-13-20(14-12-18)17-37-24-23(21-9-6-10-22(30)15-21)31-26(27-34-29(38)39-35-27)32-25(24)33-28(37)36(2)16-19-7-4-3-5-8-19/h3-10,15,18,20,27,35H,11-14,16-17H2,1-2H3,(H,34,38). The SMILES string of the molecule is CC1CCC(Cn2c(N(C)Cc3ccccc3)nc3nc(C4NOC(=O)N4)nc(-c4cccc(Cl)c4)c32)CC1. The molecule has 1 aliphatic heterocycles. The van der Waals surface area contributed by atoms with Crippen molar-refractivity contribution in [2.24, 2.45) is 11.8 Å². The molecule has 2 aliphatic rings. The summed E-state index contributed by atoms with van der Waals surface area (Å²) in [5, 5.41) is 3.32. The van der Waals surface area contributed by atoms with Gasteiger partial charge in [0.1, 0.15) is 11.2 Å². The number of carbonyl (C=O) groups is 1. The lowest BCUT2D eigenvalue weighted by molar-refractivity contribution is 0.120. The molecule has 3 heterocycles. The zero-order valence-corrected chi connectivity index (χ0v) is 22.9. The molecule has 0 spiro atoms. The molecule has 6 rings (SSSR count). The average Bonchev–Trinajstić information content (AvgIpc) is 3.54. The molecule has 9 nitrogen and oxygen atoms in total. The summed E-state index contributed by atoms with van der Waals surface area (Å²) >= 11 is 6.42. The average molecular weight is 546 g/mol. The third-order valence-electron chi connectivity index (χ3n) is 7.67. The summed E-state index contributed by atoms with van der Waals surface area (Å²) in [4.78, 5) is 33.7. The molecule has 2 aromatic heterocycles. The van der Waals surface area contributed by atoms with E-state index in [0.717, 1.165) is 35.2 Å². The van der Waals surface area contributed by atoms with Gasteiger partial charge in [-0.25, -0.2) is 14.8 Å². The van der Waals surface area contributed by atoms with Crippen molar-refractivity contribution in [3.63, 3.8) is 0 Å². The number of aromatic nitrogens is 4.